The number of hydrogen-bond acceptors (Lipinski definition) is 2. The van der Waals surface area contributed by atoms with E-state index in [1.165, 1.54) is 18.2 Å². The molecule has 7 heteroatoms. The second-order valence-electron chi connectivity index (χ2n) is 5.82. The highest BCUT2D eigenvalue weighted by Gasteiger charge is 2.34. The summed E-state index contributed by atoms with van der Waals surface area (Å²) < 4.78 is 45.6. The van der Waals surface area contributed by atoms with E-state index in [0.29, 0.717) is 0 Å². The number of carbonyl (C=O) groups is 1. The molecule has 1 aromatic carbocycles. The van der Waals surface area contributed by atoms with Crippen molar-refractivity contribution in [3.05, 3.63) is 35.5 Å². The summed E-state index contributed by atoms with van der Waals surface area (Å²) >= 11 is 5.78. The molecular formula is C15H15ClF3NO2. The Labute approximate surface area is 130 Å². The first-order valence-corrected chi connectivity index (χ1v) is 7.08. The van der Waals surface area contributed by atoms with Gasteiger partial charge in [-0.15, -0.1) is 11.6 Å². The van der Waals surface area contributed by atoms with Crippen LogP contribution in [0, 0.1) is 0 Å². The summed E-state index contributed by atoms with van der Waals surface area (Å²) in [7, 11) is 0. The van der Waals surface area contributed by atoms with Crippen molar-refractivity contribution < 1.29 is 22.7 Å². The van der Waals surface area contributed by atoms with Gasteiger partial charge >= 0.3 is 12.3 Å². The van der Waals surface area contributed by atoms with Gasteiger partial charge in [-0.2, -0.15) is 13.2 Å². The number of benzene rings is 1. The molecule has 0 fully saturated rings. The van der Waals surface area contributed by atoms with Crippen molar-refractivity contribution in [2.45, 2.75) is 38.4 Å². The molecule has 0 aliphatic carbocycles. The molecule has 2 rings (SSSR count). The molecule has 0 amide bonds. The van der Waals surface area contributed by atoms with E-state index in [1.807, 2.05) is 0 Å². The van der Waals surface area contributed by atoms with E-state index in [9.17, 15) is 18.0 Å². The van der Waals surface area contributed by atoms with Crippen LogP contribution in [0.25, 0.3) is 10.9 Å². The summed E-state index contributed by atoms with van der Waals surface area (Å²) in [6.07, 6.45) is -5.26. The van der Waals surface area contributed by atoms with E-state index in [0.717, 1.165) is 10.6 Å². The van der Waals surface area contributed by atoms with Crippen LogP contribution < -0.4 is 0 Å². The molecule has 0 aliphatic heterocycles. The lowest BCUT2D eigenvalue weighted by Gasteiger charge is -2.20. The molecule has 120 valence electrons. The Morgan fingerprint density at radius 1 is 1.27 bits per heavy atom. The minimum absolute atomic E-state index is 0.0727. The fourth-order valence-corrected chi connectivity index (χ4v) is 2.35. The molecule has 0 saturated carbocycles. The lowest BCUT2D eigenvalue weighted by atomic mass is 10.1. The van der Waals surface area contributed by atoms with Gasteiger partial charge in [0.25, 0.3) is 0 Å². The monoisotopic (exact) mass is 333 g/mol. The number of alkyl halides is 4. The Morgan fingerprint density at radius 2 is 1.91 bits per heavy atom. The summed E-state index contributed by atoms with van der Waals surface area (Å²) in [4.78, 5) is 12.3. The fraction of sp³-hybridized carbons (Fsp3) is 0.400. The summed E-state index contributed by atoms with van der Waals surface area (Å²) in [6, 6.07) is 4.93. The molecule has 0 radical (unpaired) electrons. The number of nitrogens with zero attached hydrogens (tertiary/aromatic N) is 1. The number of aromatic nitrogens is 1. The zero-order valence-electron chi connectivity index (χ0n) is 12.3. The number of hydrogen-bond donors (Lipinski definition) is 0. The first-order valence-electron chi connectivity index (χ1n) is 6.54. The van der Waals surface area contributed by atoms with Gasteiger partial charge in [0.05, 0.1) is 17.0 Å². The van der Waals surface area contributed by atoms with Gasteiger partial charge in [-0.3, -0.25) is 0 Å². The molecule has 0 N–H and O–H groups in total. The van der Waals surface area contributed by atoms with Crippen LogP contribution >= 0.6 is 11.6 Å². The summed E-state index contributed by atoms with van der Waals surface area (Å²) in [5.74, 6) is -0.106. The van der Waals surface area contributed by atoms with Gasteiger partial charge < -0.3 is 4.74 Å². The predicted octanol–water partition coefficient (Wildman–Crippen LogP) is 5.18. The Morgan fingerprint density at radius 3 is 2.41 bits per heavy atom. The van der Waals surface area contributed by atoms with Gasteiger partial charge in [0.15, 0.2) is 0 Å². The van der Waals surface area contributed by atoms with E-state index >= 15 is 0 Å². The molecule has 0 spiro atoms. The highest BCUT2D eigenvalue weighted by atomic mass is 35.5. The van der Waals surface area contributed by atoms with Crippen molar-refractivity contribution in [3.63, 3.8) is 0 Å². The van der Waals surface area contributed by atoms with Crippen molar-refractivity contribution in [2.75, 3.05) is 0 Å². The summed E-state index contributed by atoms with van der Waals surface area (Å²) in [5.41, 5.74) is -1.19. The van der Waals surface area contributed by atoms with Crippen LogP contribution in [0.3, 0.4) is 0 Å². The smallest absolute Gasteiger partial charge is 0.419 e. The van der Waals surface area contributed by atoms with Crippen LogP contribution in [0.5, 0.6) is 0 Å². The third-order valence-corrected chi connectivity index (χ3v) is 3.21. The maximum Gasteiger partial charge on any atom is 0.419 e. The molecule has 0 atom stereocenters. The average Bonchev–Trinajstić information content (AvgIpc) is 2.73. The standard InChI is InChI=1S/C15H15ClF3NO2/c1-14(2,3)22-13(21)20-9(8-16)7-10-11(15(17,18)19)5-4-6-12(10)20/h4-7H,8H2,1-3H3. The van der Waals surface area contributed by atoms with Gasteiger partial charge in [0.2, 0.25) is 0 Å². The lowest BCUT2D eigenvalue weighted by molar-refractivity contribution is -0.136. The average molecular weight is 334 g/mol. The second-order valence-corrected chi connectivity index (χ2v) is 6.09. The molecule has 1 aromatic heterocycles. The van der Waals surface area contributed by atoms with E-state index in [-0.39, 0.29) is 22.5 Å². The zero-order chi connectivity index (χ0) is 16.7. The minimum atomic E-state index is -4.51. The fourth-order valence-electron chi connectivity index (χ4n) is 2.15. The van der Waals surface area contributed by atoms with Crippen molar-refractivity contribution in [2.24, 2.45) is 0 Å². The van der Waals surface area contributed by atoms with E-state index in [1.54, 1.807) is 20.8 Å². The Kier molecular flexibility index (Phi) is 4.17. The van der Waals surface area contributed by atoms with Crippen LogP contribution in [0.15, 0.2) is 24.3 Å². The van der Waals surface area contributed by atoms with Crippen LogP contribution in [-0.4, -0.2) is 16.3 Å². The third-order valence-electron chi connectivity index (χ3n) is 2.94. The van der Waals surface area contributed by atoms with E-state index in [4.69, 9.17) is 16.3 Å². The first kappa shape index (κ1) is 16.7. The SMILES string of the molecule is CC(C)(C)OC(=O)n1c(CCl)cc2c(C(F)(F)F)cccc21. The minimum Gasteiger partial charge on any atom is -0.443 e. The Balaban J connectivity index is 2.67. The summed E-state index contributed by atoms with van der Waals surface area (Å²) in [6.45, 7) is 5.04. The number of fused-ring (bicyclic) bond motifs is 1. The van der Waals surface area contributed by atoms with Crippen LogP contribution in [-0.2, 0) is 16.8 Å². The molecular weight excluding hydrogens is 319 g/mol. The zero-order valence-corrected chi connectivity index (χ0v) is 13.0. The second kappa shape index (κ2) is 5.50. The molecule has 22 heavy (non-hydrogen) atoms. The van der Waals surface area contributed by atoms with E-state index in [2.05, 4.69) is 0 Å². The normalized spacial score (nSPS) is 12.7. The highest BCUT2D eigenvalue weighted by Crippen LogP contribution is 2.36. The van der Waals surface area contributed by atoms with Gasteiger partial charge in [-0.05, 0) is 39.0 Å². The Bertz CT molecular complexity index is 714. The van der Waals surface area contributed by atoms with Crippen molar-refractivity contribution in [3.8, 4) is 0 Å². The van der Waals surface area contributed by atoms with Crippen LogP contribution in [0.4, 0.5) is 18.0 Å². The predicted molar refractivity (Wildman–Crippen MR) is 78.1 cm³/mol. The number of carbonyl (C=O) groups excluding carboxylic acids is 1. The molecule has 0 bridgehead atoms. The maximum atomic E-state index is 13.1. The largest absolute Gasteiger partial charge is 0.443 e. The van der Waals surface area contributed by atoms with Crippen molar-refractivity contribution in [1.29, 1.82) is 0 Å². The third kappa shape index (κ3) is 3.21. The first-order chi connectivity index (χ1) is 10.0. The Hall–Kier alpha value is -1.69. The molecule has 0 unspecified atom stereocenters. The molecule has 0 saturated heterocycles. The number of ether oxygens (including phenoxy) is 1. The van der Waals surface area contributed by atoms with Gasteiger partial charge in [-0.25, -0.2) is 9.36 Å². The van der Waals surface area contributed by atoms with Gasteiger partial charge in [0.1, 0.15) is 5.60 Å². The maximum absolute atomic E-state index is 13.1. The van der Waals surface area contributed by atoms with Crippen molar-refractivity contribution >= 4 is 28.6 Å². The molecule has 0 aliphatic rings. The topological polar surface area (TPSA) is 31.2 Å². The molecule has 1 heterocycles. The van der Waals surface area contributed by atoms with Gasteiger partial charge in [0, 0.05) is 11.1 Å². The number of halogens is 4. The van der Waals surface area contributed by atoms with Crippen LogP contribution in [0.2, 0.25) is 0 Å². The lowest BCUT2D eigenvalue weighted by Crippen LogP contribution is -2.27. The quantitative estimate of drug-likeness (QED) is 0.673. The molecule has 2 aromatic rings. The highest BCUT2D eigenvalue weighted by molar-refractivity contribution is 6.17. The van der Waals surface area contributed by atoms with Crippen molar-refractivity contribution in [1.82, 2.24) is 4.57 Å². The molecule has 3 nitrogen and oxygen atoms in total. The number of rotatable bonds is 1. The van der Waals surface area contributed by atoms with E-state index < -0.39 is 23.4 Å². The summed E-state index contributed by atoms with van der Waals surface area (Å²) in [5, 5.41) is -0.0727. The van der Waals surface area contributed by atoms with Gasteiger partial charge in [-0.1, -0.05) is 6.07 Å². The van der Waals surface area contributed by atoms with Crippen LogP contribution in [0.1, 0.15) is 32.0 Å².